The van der Waals surface area contributed by atoms with Gasteiger partial charge in [0, 0.05) is 13.0 Å². The monoisotopic (exact) mass is 459 g/mol. The predicted molar refractivity (Wildman–Crippen MR) is 117 cm³/mol. The van der Waals surface area contributed by atoms with Gasteiger partial charge in [-0.1, -0.05) is 17.3 Å². The third-order valence-corrected chi connectivity index (χ3v) is 6.31. The van der Waals surface area contributed by atoms with Gasteiger partial charge in [0.1, 0.15) is 11.0 Å². The third-order valence-electron chi connectivity index (χ3n) is 6.31. The summed E-state index contributed by atoms with van der Waals surface area (Å²) in [5.74, 6) is -0.944. The molecule has 0 fully saturated rings. The molecule has 9 heteroatoms. The maximum absolute atomic E-state index is 13.2. The topological polar surface area (TPSA) is 86.5 Å². The van der Waals surface area contributed by atoms with Gasteiger partial charge in [-0.05, 0) is 72.6 Å². The summed E-state index contributed by atoms with van der Waals surface area (Å²) in [5.41, 5.74) is 6.10. The summed E-state index contributed by atoms with van der Waals surface area (Å²) in [4.78, 5) is 12.6. The Morgan fingerprint density at radius 1 is 1.27 bits per heavy atom. The normalized spacial score (nSPS) is 14.0. The number of ether oxygens (including phenoxy) is 2. The van der Waals surface area contributed by atoms with Gasteiger partial charge >= 0.3 is 12.6 Å². The van der Waals surface area contributed by atoms with Crippen molar-refractivity contribution in [2.75, 3.05) is 6.61 Å². The molecular formula is C24H27F2N3O4. The van der Waals surface area contributed by atoms with Crippen LogP contribution in [0.1, 0.15) is 59.1 Å². The molecule has 33 heavy (non-hydrogen) atoms. The Bertz CT molecular complexity index is 1190. The highest BCUT2D eigenvalue weighted by molar-refractivity contribution is 5.86. The van der Waals surface area contributed by atoms with E-state index in [2.05, 4.69) is 16.4 Å². The van der Waals surface area contributed by atoms with E-state index in [1.807, 2.05) is 13.0 Å². The molecule has 0 aliphatic heterocycles. The molecule has 1 unspecified atom stereocenters. The molecule has 0 amide bonds. The average Bonchev–Trinajstić information content (AvgIpc) is 3.40. The number of aliphatic hydroxyl groups is 1. The van der Waals surface area contributed by atoms with Crippen LogP contribution in [0.2, 0.25) is 0 Å². The standard InChI is InChI=1S/C24H27F2N3O4/c1-4-32-21(31)11-19(15-8-14-6-5-7-17(14)16(9-15)12-30)18-10-20(33-24(25)26)23-22(13(18)2)27-28-29(23)3/h8-10,19,24,30H,4-7,11-12H2,1-3H3. The van der Waals surface area contributed by atoms with Crippen molar-refractivity contribution < 1.29 is 28.2 Å². The van der Waals surface area contributed by atoms with Crippen LogP contribution in [0, 0.1) is 6.92 Å². The molecule has 1 atom stereocenters. The lowest BCUT2D eigenvalue weighted by Gasteiger charge is -2.23. The molecular weight excluding hydrogens is 432 g/mol. The second-order valence-corrected chi connectivity index (χ2v) is 8.27. The summed E-state index contributed by atoms with van der Waals surface area (Å²) in [6.45, 7) is 0.668. The number of aromatic nitrogens is 3. The van der Waals surface area contributed by atoms with Crippen molar-refractivity contribution >= 4 is 17.0 Å². The average molecular weight is 459 g/mol. The Morgan fingerprint density at radius 3 is 2.76 bits per heavy atom. The van der Waals surface area contributed by atoms with Gasteiger partial charge in [-0.15, -0.1) is 5.10 Å². The molecule has 1 N–H and O–H groups in total. The highest BCUT2D eigenvalue weighted by Crippen LogP contribution is 2.40. The molecule has 3 aromatic rings. The Balaban J connectivity index is 1.92. The minimum Gasteiger partial charge on any atom is -0.466 e. The molecule has 7 nitrogen and oxygen atoms in total. The minimum atomic E-state index is -3.02. The number of aliphatic hydroxyl groups excluding tert-OH is 1. The van der Waals surface area contributed by atoms with Crippen molar-refractivity contribution in [2.24, 2.45) is 7.05 Å². The van der Waals surface area contributed by atoms with E-state index in [9.17, 15) is 18.7 Å². The molecule has 0 bridgehead atoms. The van der Waals surface area contributed by atoms with Crippen molar-refractivity contribution in [3.63, 3.8) is 0 Å². The maximum atomic E-state index is 13.2. The number of nitrogens with zero attached hydrogens (tertiary/aromatic N) is 3. The molecule has 0 spiro atoms. The summed E-state index contributed by atoms with van der Waals surface area (Å²) in [5, 5.41) is 18.1. The lowest BCUT2D eigenvalue weighted by molar-refractivity contribution is -0.143. The molecule has 1 aliphatic carbocycles. The van der Waals surface area contributed by atoms with Gasteiger partial charge < -0.3 is 14.6 Å². The number of hydrogen-bond acceptors (Lipinski definition) is 6. The number of aryl methyl sites for hydroxylation is 3. The first-order valence-corrected chi connectivity index (χ1v) is 11.0. The van der Waals surface area contributed by atoms with Gasteiger partial charge in [-0.3, -0.25) is 4.79 Å². The second-order valence-electron chi connectivity index (χ2n) is 8.27. The van der Waals surface area contributed by atoms with Crippen LogP contribution in [0.4, 0.5) is 8.78 Å². The fraction of sp³-hybridized carbons (Fsp3) is 0.458. The van der Waals surface area contributed by atoms with Gasteiger partial charge in [-0.25, -0.2) is 4.68 Å². The molecule has 0 radical (unpaired) electrons. The molecule has 1 aliphatic rings. The molecule has 0 saturated carbocycles. The number of fused-ring (bicyclic) bond motifs is 2. The van der Waals surface area contributed by atoms with E-state index in [4.69, 9.17) is 9.47 Å². The zero-order chi connectivity index (χ0) is 23.7. The van der Waals surface area contributed by atoms with Crippen LogP contribution in [0.3, 0.4) is 0 Å². The van der Waals surface area contributed by atoms with E-state index in [1.165, 1.54) is 4.68 Å². The van der Waals surface area contributed by atoms with Gasteiger partial charge in [-0.2, -0.15) is 8.78 Å². The van der Waals surface area contributed by atoms with Crippen LogP contribution in [0.25, 0.3) is 11.0 Å². The number of halogens is 2. The van der Waals surface area contributed by atoms with E-state index < -0.39 is 18.5 Å². The maximum Gasteiger partial charge on any atom is 0.387 e. The van der Waals surface area contributed by atoms with Gasteiger partial charge in [0.15, 0.2) is 5.75 Å². The van der Waals surface area contributed by atoms with Gasteiger partial charge in [0.2, 0.25) is 0 Å². The van der Waals surface area contributed by atoms with Crippen molar-refractivity contribution in [3.8, 4) is 5.75 Å². The Labute approximate surface area is 190 Å². The summed E-state index contributed by atoms with van der Waals surface area (Å²) in [7, 11) is 1.61. The van der Waals surface area contributed by atoms with Crippen molar-refractivity contribution in [2.45, 2.75) is 58.7 Å². The number of alkyl halides is 2. The van der Waals surface area contributed by atoms with Gasteiger partial charge in [0.25, 0.3) is 0 Å². The van der Waals surface area contributed by atoms with Crippen LogP contribution in [-0.2, 0) is 36.0 Å². The van der Waals surface area contributed by atoms with Crippen molar-refractivity contribution in [1.29, 1.82) is 0 Å². The summed E-state index contributed by atoms with van der Waals surface area (Å²) in [6.07, 6.45) is 2.82. The SMILES string of the molecule is CCOC(=O)CC(c1cc(CO)c2c(c1)CCC2)c1cc(OC(F)F)c2c(nnn2C)c1C. The van der Waals surface area contributed by atoms with E-state index in [-0.39, 0.29) is 25.4 Å². The first-order chi connectivity index (χ1) is 15.8. The van der Waals surface area contributed by atoms with Crippen molar-refractivity contribution in [3.05, 3.63) is 51.6 Å². The van der Waals surface area contributed by atoms with Gasteiger partial charge in [0.05, 0.1) is 19.6 Å². The lowest BCUT2D eigenvalue weighted by atomic mass is 9.83. The highest BCUT2D eigenvalue weighted by atomic mass is 19.3. The number of hydrogen-bond donors (Lipinski definition) is 1. The third kappa shape index (κ3) is 4.42. The molecule has 176 valence electrons. The van der Waals surface area contributed by atoms with E-state index in [1.54, 1.807) is 20.0 Å². The van der Waals surface area contributed by atoms with Crippen LogP contribution in [0.5, 0.6) is 5.75 Å². The molecule has 4 rings (SSSR count). The molecule has 1 heterocycles. The number of carbonyl (C=O) groups is 1. The zero-order valence-corrected chi connectivity index (χ0v) is 18.9. The largest absolute Gasteiger partial charge is 0.466 e. The lowest BCUT2D eigenvalue weighted by Crippen LogP contribution is -2.14. The van der Waals surface area contributed by atoms with Crippen LogP contribution < -0.4 is 4.74 Å². The number of esters is 1. The molecule has 2 aromatic carbocycles. The van der Waals surface area contributed by atoms with Crippen LogP contribution >= 0.6 is 0 Å². The highest BCUT2D eigenvalue weighted by Gasteiger charge is 2.28. The quantitative estimate of drug-likeness (QED) is 0.514. The fourth-order valence-electron chi connectivity index (χ4n) is 4.85. The number of carbonyl (C=O) groups excluding carboxylic acids is 1. The Morgan fingerprint density at radius 2 is 2.06 bits per heavy atom. The second kappa shape index (κ2) is 9.43. The molecule has 1 aromatic heterocycles. The smallest absolute Gasteiger partial charge is 0.387 e. The number of rotatable bonds is 8. The number of benzene rings is 2. The van der Waals surface area contributed by atoms with E-state index >= 15 is 0 Å². The molecule has 0 saturated heterocycles. The van der Waals surface area contributed by atoms with Crippen LogP contribution in [-0.4, -0.2) is 39.3 Å². The summed E-state index contributed by atoms with van der Waals surface area (Å²) in [6, 6.07) is 5.50. The minimum absolute atomic E-state index is 0.0121. The summed E-state index contributed by atoms with van der Waals surface area (Å²) < 4.78 is 37.9. The fourth-order valence-corrected chi connectivity index (χ4v) is 4.85. The first kappa shape index (κ1) is 23.1. The van der Waals surface area contributed by atoms with E-state index in [0.717, 1.165) is 47.1 Å². The predicted octanol–water partition coefficient (Wildman–Crippen LogP) is 3.94. The first-order valence-electron chi connectivity index (χ1n) is 11.0. The summed E-state index contributed by atoms with van der Waals surface area (Å²) >= 11 is 0. The Hall–Kier alpha value is -3.07. The van der Waals surface area contributed by atoms with E-state index in [0.29, 0.717) is 16.6 Å². The van der Waals surface area contributed by atoms with Crippen LogP contribution in [0.15, 0.2) is 18.2 Å². The van der Waals surface area contributed by atoms with Crippen molar-refractivity contribution in [1.82, 2.24) is 15.0 Å². The Kier molecular flexibility index (Phi) is 6.60. The zero-order valence-electron chi connectivity index (χ0n) is 18.9.